The molecule has 4 aliphatic rings. The molecule has 0 unspecified atom stereocenters. The van der Waals surface area contributed by atoms with Crippen LogP contribution < -0.4 is 10.3 Å². The van der Waals surface area contributed by atoms with Crippen LogP contribution in [-0.4, -0.2) is 34.0 Å². The maximum absolute atomic E-state index is 14.4. The molecule has 0 radical (unpaired) electrons. The SMILES string of the molecule is O=C(N/N=C\C12c3ccccc3C(c3ccccc31)[C@H]1C(=O)N(c3ccc(Br)cc3)C(=O)[C@H]12)c1cc([N+](=O)[O-])ccc1O. The van der Waals surface area contributed by atoms with Gasteiger partial charge < -0.3 is 5.11 Å². The van der Waals surface area contributed by atoms with E-state index in [0.717, 1.165) is 44.9 Å². The van der Waals surface area contributed by atoms with Crippen molar-refractivity contribution in [1.29, 1.82) is 0 Å². The van der Waals surface area contributed by atoms with Gasteiger partial charge in [0.15, 0.2) is 0 Å². The number of rotatable bonds is 5. The van der Waals surface area contributed by atoms with Crippen molar-refractivity contribution >= 4 is 51.2 Å². The van der Waals surface area contributed by atoms with Crippen molar-refractivity contribution in [3.8, 4) is 5.75 Å². The summed E-state index contributed by atoms with van der Waals surface area (Å²) < 4.78 is 0.807. The van der Waals surface area contributed by atoms with Crippen molar-refractivity contribution in [1.82, 2.24) is 5.43 Å². The van der Waals surface area contributed by atoms with E-state index in [0.29, 0.717) is 5.69 Å². The zero-order chi connectivity index (χ0) is 30.0. The molecule has 2 atom stereocenters. The van der Waals surface area contributed by atoms with Crippen LogP contribution in [-0.2, 0) is 15.0 Å². The van der Waals surface area contributed by atoms with E-state index in [1.165, 1.54) is 11.1 Å². The Morgan fingerprint density at radius 1 is 0.953 bits per heavy atom. The molecule has 1 aliphatic heterocycles. The van der Waals surface area contributed by atoms with E-state index in [9.17, 15) is 29.6 Å². The monoisotopic (exact) mass is 636 g/mol. The molecule has 0 spiro atoms. The highest BCUT2D eigenvalue weighted by Crippen LogP contribution is 2.63. The van der Waals surface area contributed by atoms with Crippen LogP contribution in [0.5, 0.6) is 5.75 Å². The van der Waals surface area contributed by atoms with E-state index in [2.05, 4.69) is 26.5 Å². The number of nitro benzene ring substituents is 1. The highest BCUT2D eigenvalue weighted by molar-refractivity contribution is 9.10. The van der Waals surface area contributed by atoms with Gasteiger partial charge in [0.25, 0.3) is 11.6 Å². The van der Waals surface area contributed by atoms with Gasteiger partial charge in [-0.1, -0.05) is 64.5 Å². The quantitative estimate of drug-likeness (QED) is 0.136. The number of hydrogen-bond donors (Lipinski definition) is 2. The van der Waals surface area contributed by atoms with Gasteiger partial charge in [-0.2, -0.15) is 5.10 Å². The first-order valence-electron chi connectivity index (χ1n) is 13.4. The van der Waals surface area contributed by atoms with Gasteiger partial charge in [-0.05, 0) is 52.6 Å². The highest BCUT2D eigenvalue weighted by atomic mass is 79.9. The number of nitrogens with zero attached hydrogens (tertiary/aromatic N) is 3. The Morgan fingerprint density at radius 2 is 1.58 bits per heavy atom. The van der Waals surface area contributed by atoms with Gasteiger partial charge in [0, 0.05) is 28.7 Å². The Kier molecular flexibility index (Phi) is 6.03. The van der Waals surface area contributed by atoms with Crippen molar-refractivity contribution in [2.75, 3.05) is 4.90 Å². The lowest BCUT2D eigenvalue weighted by atomic mass is 9.47. The second-order valence-electron chi connectivity index (χ2n) is 10.7. The fraction of sp³-hybridized carbons (Fsp3) is 0.125. The summed E-state index contributed by atoms with van der Waals surface area (Å²) in [7, 11) is 0. The lowest BCUT2D eigenvalue weighted by molar-refractivity contribution is -0.384. The Bertz CT molecular complexity index is 1860. The predicted octanol–water partition coefficient (Wildman–Crippen LogP) is 5.03. The molecule has 43 heavy (non-hydrogen) atoms. The number of carbonyl (C=O) groups excluding carboxylic acids is 3. The van der Waals surface area contributed by atoms with Crippen LogP contribution in [0.25, 0.3) is 0 Å². The van der Waals surface area contributed by atoms with Crippen LogP contribution in [0.15, 0.2) is 101 Å². The summed E-state index contributed by atoms with van der Waals surface area (Å²) in [6.45, 7) is 0. The summed E-state index contributed by atoms with van der Waals surface area (Å²) in [6.07, 6.45) is 1.49. The number of phenolic OH excluding ortho intramolecular Hbond substituents is 1. The van der Waals surface area contributed by atoms with Gasteiger partial charge >= 0.3 is 0 Å². The molecule has 0 saturated carbocycles. The van der Waals surface area contributed by atoms with E-state index in [4.69, 9.17) is 0 Å². The molecule has 8 rings (SSSR count). The highest BCUT2D eigenvalue weighted by Gasteiger charge is 2.68. The summed E-state index contributed by atoms with van der Waals surface area (Å²) >= 11 is 3.41. The maximum atomic E-state index is 14.4. The molecule has 10 nitrogen and oxygen atoms in total. The van der Waals surface area contributed by atoms with Crippen LogP contribution in [0.3, 0.4) is 0 Å². The number of nitro groups is 1. The number of nitrogens with one attached hydrogen (secondary N) is 1. The maximum Gasteiger partial charge on any atom is 0.275 e. The zero-order valence-electron chi connectivity index (χ0n) is 22.2. The number of non-ortho nitro benzene ring substituents is 1. The van der Waals surface area contributed by atoms with Crippen LogP contribution >= 0.6 is 15.9 Å². The van der Waals surface area contributed by atoms with Crippen LogP contribution in [0.4, 0.5) is 11.4 Å². The van der Waals surface area contributed by atoms with E-state index in [1.807, 2.05) is 48.5 Å². The van der Waals surface area contributed by atoms with Gasteiger partial charge in [0.2, 0.25) is 11.8 Å². The molecule has 4 aromatic carbocycles. The van der Waals surface area contributed by atoms with E-state index < -0.39 is 33.8 Å². The third kappa shape index (κ3) is 3.77. The summed E-state index contributed by atoms with van der Waals surface area (Å²) in [4.78, 5) is 53.4. The normalized spacial score (nSPS) is 23.2. The second kappa shape index (κ2) is 9.70. The molecule has 1 fully saturated rings. The van der Waals surface area contributed by atoms with Gasteiger partial charge in [-0.15, -0.1) is 0 Å². The van der Waals surface area contributed by atoms with Crippen molar-refractivity contribution in [2.45, 2.75) is 11.3 Å². The number of hydrogen-bond acceptors (Lipinski definition) is 7. The van der Waals surface area contributed by atoms with Crippen LogP contribution in [0, 0.1) is 22.0 Å². The minimum Gasteiger partial charge on any atom is -0.507 e. The topological polar surface area (TPSA) is 142 Å². The number of aromatic hydroxyl groups is 1. The number of hydrazone groups is 1. The van der Waals surface area contributed by atoms with Gasteiger partial charge in [-0.25, -0.2) is 10.3 Å². The van der Waals surface area contributed by atoms with E-state index in [-0.39, 0.29) is 29.0 Å². The number of phenols is 1. The van der Waals surface area contributed by atoms with E-state index >= 15 is 0 Å². The molecule has 212 valence electrons. The molecular formula is C32H21BrN4O6. The standard InChI is InChI=1S/C32H21BrN4O6/c33-17-9-11-18(12-10-17)36-30(40)27-26-20-5-1-3-7-23(20)32(28(27)31(36)41,24-8-4-2-6-21(24)26)16-34-35-29(39)22-15-19(37(42)43)13-14-25(22)38/h1-16,26-28,38H,(H,35,39)/b34-16-/t26?,27-,28+,32?/m1/s1. The molecular weight excluding hydrogens is 616 g/mol. The number of amides is 3. The van der Waals surface area contributed by atoms with Crippen molar-refractivity contribution in [3.63, 3.8) is 0 Å². The first-order chi connectivity index (χ1) is 20.7. The summed E-state index contributed by atoms with van der Waals surface area (Å²) in [5.74, 6) is -3.95. The molecule has 11 heteroatoms. The van der Waals surface area contributed by atoms with Gasteiger partial charge in [-0.3, -0.25) is 24.5 Å². The number of benzene rings is 4. The third-order valence-electron chi connectivity index (χ3n) is 8.64. The largest absolute Gasteiger partial charge is 0.507 e. The molecule has 2 N–H and O–H groups in total. The fourth-order valence-electron chi connectivity index (χ4n) is 6.97. The number of carbonyl (C=O) groups is 3. The van der Waals surface area contributed by atoms with Crippen LogP contribution in [0.2, 0.25) is 0 Å². The third-order valence-corrected chi connectivity index (χ3v) is 9.17. The lowest BCUT2D eigenvalue weighted by Crippen LogP contribution is -2.54. The smallest absolute Gasteiger partial charge is 0.275 e. The van der Waals surface area contributed by atoms with Crippen molar-refractivity contribution in [3.05, 3.63) is 133 Å². The second-order valence-corrected chi connectivity index (χ2v) is 11.6. The lowest BCUT2D eigenvalue weighted by Gasteiger charge is -2.52. The average Bonchev–Trinajstić information content (AvgIpc) is 3.28. The minimum absolute atomic E-state index is 0.311. The first-order valence-corrected chi connectivity index (χ1v) is 14.2. The first kappa shape index (κ1) is 26.7. The van der Waals surface area contributed by atoms with Gasteiger partial charge in [0.05, 0.1) is 33.4 Å². The molecule has 4 aromatic rings. The Hall–Kier alpha value is -5.16. The molecule has 1 saturated heterocycles. The van der Waals surface area contributed by atoms with Crippen LogP contribution in [0.1, 0.15) is 38.5 Å². The fourth-order valence-corrected chi connectivity index (χ4v) is 7.23. The summed E-state index contributed by atoms with van der Waals surface area (Å²) in [5, 5.41) is 25.7. The molecule has 3 aliphatic carbocycles. The molecule has 0 aromatic heterocycles. The van der Waals surface area contributed by atoms with Gasteiger partial charge in [0.1, 0.15) is 5.75 Å². The Balaban J connectivity index is 1.37. The average molecular weight is 637 g/mol. The minimum atomic E-state index is -1.22. The van der Waals surface area contributed by atoms with Crippen molar-refractivity contribution in [2.24, 2.45) is 16.9 Å². The van der Waals surface area contributed by atoms with Crippen molar-refractivity contribution < 1.29 is 24.4 Å². The molecule has 3 amide bonds. The van der Waals surface area contributed by atoms with E-state index in [1.54, 1.807) is 24.3 Å². The molecule has 2 bridgehead atoms. The number of imide groups is 1. The number of anilines is 1. The number of halogens is 1. The summed E-state index contributed by atoms with van der Waals surface area (Å²) in [5.41, 5.74) is 4.32. The molecule has 1 heterocycles. The predicted molar refractivity (Wildman–Crippen MR) is 160 cm³/mol. The summed E-state index contributed by atoms with van der Waals surface area (Å²) in [6, 6.07) is 25.3. The Morgan fingerprint density at radius 3 is 2.21 bits per heavy atom. The Labute approximate surface area is 252 Å². The zero-order valence-corrected chi connectivity index (χ0v) is 23.8.